The highest BCUT2D eigenvalue weighted by atomic mass is 16.6. The van der Waals surface area contributed by atoms with Crippen LogP contribution in [0, 0.1) is 0 Å². The Kier molecular flexibility index (Phi) is 5.58. The molecule has 0 bridgehead atoms. The van der Waals surface area contributed by atoms with E-state index < -0.39 is 0 Å². The number of amides is 1. The predicted octanol–water partition coefficient (Wildman–Crippen LogP) is 0.915. The molecule has 132 valence electrons. The lowest BCUT2D eigenvalue weighted by molar-refractivity contribution is -0.132. The minimum atomic E-state index is -0.273. The average molecular weight is 334 g/mol. The number of β-amino-alcohol motifs (C(OH)–C–C–N with tert-alkyl or cyclic N) is 1. The molecule has 1 atom stereocenters. The third kappa shape index (κ3) is 4.19. The number of carbonyl (C=O) groups excluding carboxylic acids is 1. The largest absolute Gasteiger partial charge is 0.486 e. The molecule has 0 radical (unpaired) electrons. The molecule has 1 N–H and O–H groups in total. The first kappa shape index (κ1) is 17.0. The van der Waals surface area contributed by atoms with Gasteiger partial charge in [0.2, 0.25) is 5.91 Å². The summed E-state index contributed by atoms with van der Waals surface area (Å²) in [6.07, 6.45) is 0.877. The van der Waals surface area contributed by atoms with Gasteiger partial charge in [-0.25, -0.2) is 0 Å². The highest BCUT2D eigenvalue weighted by molar-refractivity contribution is 5.79. The Hall–Kier alpha value is -1.79. The summed E-state index contributed by atoms with van der Waals surface area (Å²) >= 11 is 0. The molecule has 2 heterocycles. The number of rotatable bonds is 5. The molecular formula is C18H26N2O4. The maximum Gasteiger partial charge on any atom is 0.227 e. The van der Waals surface area contributed by atoms with E-state index in [1.807, 2.05) is 30.0 Å². The molecule has 1 fully saturated rings. The van der Waals surface area contributed by atoms with Crippen molar-refractivity contribution < 1.29 is 19.4 Å². The van der Waals surface area contributed by atoms with E-state index in [1.54, 1.807) is 0 Å². The quantitative estimate of drug-likeness (QED) is 0.867. The average Bonchev–Trinajstić information content (AvgIpc) is 2.62. The summed E-state index contributed by atoms with van der Waals surface area (Å²) in [6.45, 7) is 6.89. The van der Waals surface area contributed by atoms with Gasteiger partial charge in [0, 0.05) is 32.7 Å². The molecule has 1 amide bonds. The van der Waals surface area contributed by atoms with Crippen molar-refractivity contribution in [3.63, 3.8) is 0 Å². The smallest absolute Gasteiger partial charge is 0.227 e. The second-order valence-electron chi connectivity index (χ2n) is 6.40. The van der Waals surface area contributed by atoms with Crippen molar-refractivity contribution in [1.82, 2.24) is 9.80 Å². The van der Waals surface area contributed by atoms with Crippen LogP contribution in [0.5, 0.6) is 11.5 Å². The van der Waals surface area contributed by atoms with Crippen molar-refractivity contribution in [2.24, 2.45) is 0 Å². The van der Waals surface area contributed by atoms with Crippen molar-refractivity contribution in [1.29, 1.82) is 0 Å². The molecule has 24 heavy (non-hydrogen) atoms. The lowest BCUT2D eigenvalue weighted by atomic mass is 10.1. The van der Waals surface area contributed by atoms with Crippen LogP contribution in [0.25, 0.3) is 0 Å². The second kappa shape index (κ2) is 7.85. The van der Waals surface area contributed by atoms with Gasteiger partial charge in [0.25, 0.3) is 0 Å². The van der Waals surface area contributed by atoms with E-state index in [9.17, 15) is 9.90 Å². The summed E-state index contributed by atoms with van der Waals surface area (Å²) in [5, 5.41) is 9.73. The molecular weight excluding hydrogens is 308 g/mol. The Morgan fingerprint density at radius 1 is 1.17 bits per heavy atom. The van der Waals surface area contributed by atoms with Crippen LogP contribution in [0.2, 0.25) is 0 Å². The number of fused-ring (bicyclic) bond motifs is 1. The van der Waals surface area contributed by atoms with E-state index in [-0.39, 0.29) is 12.0 Å². The molecule has 2 aliphatic heterocycles. The number of aliphatic hydroxyl groups excluding tert-OH is 1. The lowest BCUT2D eigenvalue weighted by Gasteiger charge is -2.35. The molecule has 1 aromatic rings. The SMILES string of the molecule is CCC(O)CN1CCN(C(=O)Cc2ccc3c(c2)OCCO3)CC1. The Morgan fingerprint density at radius 3 is 2.58 bits per heavy atom. The van der Waals surface area contributed by atoms with Crippen LogP contribution in [-0.2, 0) is 11.2 Å². The number of ether oxygens (including phenoxy) is 2. The fourth-order valence-electron chi connectivity index (χ4n) is 3.09. The zero-order chi connectivity index (χ0) is 16.9. The topological polar surface area (TPSA) is 62.2 Å². The number of carbonyl (C=O) groups is 1. The molecule has 0 spiro atoms. The fourth-order valence-corrected chi connectivity index (χ4v) is 3.09. The Bertz CT molecular complexity index is 570. The molecule has 1 saturated heterocycles. The Balaban J connectivity index is 1.51. The van der Waals surface area contributed by atoms with E-state index in [4.69, 9.17) is 9.47 Å². The number of piperazine rings is 1. The van der Waals surface area contributed by atoms with Gasteiger partial charge in [-0.05, 0) is 24.1 Å². The number of aliphatic hydroxyl groups is 1. The standard InChI is InChI=1S/C18H26N2O4/c1-2-15(21)13-19-5-7-20(8-6-19)18(22)12-14-3-4-16-17(11-14)24-10-9-23-16/h3-4,11,15,21H,2,5-10,12-13H2,1H3. The molecule has 3 rings (SSSR count). The molecule has 1 aromatic carbocycles. The van der Waals surface area contributed by atoms with Gasteiger partial charge in [-0.15, -0.1) is 0 Å². The third-order valence-corrected chi connectivity index (χ3v) is 4.63. The first-order valence-corrected chi connectivity index (χ1v) is 8.72. The van der Waals surface area contributed by atoms with Gasteiger partial charge in [-0.3, -0.25) is 9.69 Å². The summed E-state index contributed by atoms with van der Waals surface area (Å²) in [6, 6.07) is 5.71. The summed E-state index contributed by atoms with van der Waals surface area (Å²) in [5.74, 6) is 1.62. The molecule has 6 nitrogen and oxygen atoms in total. The first-order valence-electron chi connectivity index (χ1n) is 8.72. The Morgan fingerprint density at radius 2 is 1.88 bits per heavy atom. The predicted molar refractivity (Wildman–Crippen MR) is 90.5 cm³/mol. The summed E-state index contributed by atoms with van der Waals surface area (Å²) in [4.78, 5) is 16.6. The third-order valence-electron chi connectivity index (χ3n) is 4.63. The van der Waals surface area contributed by atoms with Crippen molar-refractivity contribution in [3.8, 4) is 11.5 Å². The minimum Gasteiger partial charge on any atom is -0.486 e. The van der Waals surface area contributed by atoms with E-state index in [0.717, 1.165) is 49.7 Å². The first-order chi connectivity index (χ1) is 11.7. The zero-order valence-electron chi connectivity index (χ0n) is 14.2. The van der Waals surface area contributed by atoms with Crippen LogP contribution in [0.1, 0.15) is 18.9 Å². The molecule has 1 unspecified atom stereocenters. The van der Waals surface area contributed by atoms with E-state index in [2.05, 4.69) is 4.90 Å². The van der Waals surface area contributed by atoms with Crippen molar-refractivity contribution in [2.45, 2.75) is 25.9 Å². The van der Waals surface area contributed by atoms with Crippen LogP contribution < -0.4 is 9.47 Å². The molecule has 0 aliphatic carbocycles. The monoisotopic (exact) mass is 334 g/mol. The van der Waals surface area contributed by atoms with Crippen molar-refractivity contribution in [2.75, 3.05) is 45.9 Å². The van der Waals surface area contributed by atoms with Crippen molar-refractivity contribution >= 4 is 5.91 Å². The molecule has 0 aromatic heterocycles. The van der Waals surface area contributed by atoms with Gasteiger partial charge < -0.3 is 19.5 Å². The van der Waals surface area contributed by atoms with Crippen LogP contribution in [0.4, 0.5) is 0 Å². The van der Waals surface area contributed by atoms with E-state index in [1.165, 1.54) is 0 Å². The van der Waals surface area contributed by atoms with Crippen LogP contribution in [0.15, 0.2) is 18.2 Å². The summed E-state index contributed by atoms with van der Waals surface area (Å²) in [5.41, 5.74) is 0.952. The van der Waals surface area contributed by atoms with Gasteiger partial charge in [0.15, 0.2) is 11.5 Å². The van der Waals surface area contributed by atoms with E-state index >= 15 is 0 Å². The number of hydrogen-bond acceptors (Lipinski definition) is 5. The van der Waals surface area contributed by atoms with Crippen molar-refractivity contribution in [3.05, 3.63) is 23.8 Å². The van der Waals surface area contributed by atoms with Crippen LogP contribution >= 0.6 is 0 Å². The van der Waals surface area contributed by atoms with Gasteiger partial charge >= 0.3 is 0 Å². The maximum atomic E-state index is 12.5. The van der Waals surface area contributed by atoms with Gasteiger partial charge in [-0.2, -0.15) is 0 Å². The normalized spacial score (nSPS) is 19.2. The summed E-state index contributed by atoms with van der Waals surface area (Å²) < 4.78 is 11.1. The highest BCUT2D eigenvalue weighted by Gasteiger charge is 2.22. The highest BCUT2D eigenvalue weighted by Crippen LogP contribution is 2.31. The van der Waals surface area contributed by atoms with E-state index in [0.29, 0.717) is 26.2 Å². The summed E-state index contributed by atoms with van der Waals surface area (Å²) in [7, 11) is 0. The number of benzene rings is 1. The fraction of sp³-hybridized carbons (Fsp3) is 0.611. The zero-order valence-corrected chi connectivity index (χ0v) is 14.2. The number of hydrogen-bond donors (Lipinski definition) is 1. The van der Waals surface area contributed by atoms with Crippen LogP contribution in [0.3, 0.4) is 0 Å². The van der Waals surface area contributed by atoms with Crippen LogP contribution in [-0.4, -0.2) is 72.9 Å². The second-order valence-corrected chi connectivity index (χ2v) is 6.40. The lowest BCUT2D eigenvalue weighted by Crippen LogP contribution is -2.50. The molecule has 0 saturated carbocycles. The maximum absolute atomic E-state index is 12.5. The number of nitrogens with zero attached hydrogens (tertiary/aromatic N) is 2. The minimum absolute atomic E-state index is 0.141. The van der Waals surface area contributed by atoms with Gasteiger partial charge in [-0.1, -0.05) is 13.0 Å². The van der Waals surface area contributed by atoms with Gasteiger partial charge in [0.1, 0.15) is 13.2 Å². The molecule has 6 heteroatoms. The Labute approximate surface area is 143 Å². The van der Waals surface area contributed by atoms with Gasteiger partial charge in [0.05, 0.1) is 12.5 Å². The molecule has 2 aliphatic rings.